The molecule has 98 valence electrons. The fourth-order valence-electron chi connectivity index (χ4n) is 2.15. The maximum Gasteiger partial charge on any atom is 0.317 e. The van der Waals surface area contributed by atoms with Gasteiger partial charge in [-0.15, -0.1) is 0 Å². The maximum absolute atomic E-state index is 11.9. The Kier molecular flexibility index (Phi) is 4.07. The zero-order valence-corrected chi connectivity index (χ0v) is 10.7. The highest BCUT2D eigenvalue weighted by atomic mass is 16.3. The van der Waals surface area contributed by atoms with Gasteiger partial charge in [0.2, 0.25) is 0 Å². The van der Waals surface area contributed by atoms with Crippen molar-refractivity contribution in [2.24, 2.45) is 5.92 Å². The van der Waals surface area contributed by atoms with Crippen LogP contribution in [-0.2, 0) is 6.54 Å². The summed E-state index contributed by atoms with van der Waals surface area (Å²) in [4.78, 5) is 13.8. The summed E-state index contributed by atoms with van der Waals surface area (Å²) in [7, 11) is 0. The van der Waals surface area contributed by atoms with E-state index in [9.17, 15) is 9.90 Å². The molecule has 4 nitrogen and oxygen atoms in total. The Morgan fingerprint density at radius 2 is 2.06 bits per heavy atom. The van der Waals surface area contributed by atoms with Gasteiger partial charge in [0.1, 0.15) is 5.75 Å². The number of para-hydroxylation sites is 1. The van der Waals surface area contributed by atoms with E-state index in [0.717, 1.165) is 31.5 Å². The summed E-state index contributed by atoms with van der Waals surface area (Å²) < 4.78 is 0. The highest BCUT2D eigenvalue weighted by Crippen LogP contribution is 2.17. The number of benzene rings is 1. The molecule has 2 N–H and O–H groups in total. The van der Waals surface area contributed by atoms with Crippen LogP contribution in [0, 0.1) is 5.92 Å². The molecule has 0 aromatic heterocycles. The van der Waals surface area contributed by atoms with Gasteiger partial charge in [-0.25, -0.2) is 4.79 Å². The predicted octanol–water partition coefficient (Wildman–Crippen LogP) is 2.33. The van der Waals surface area contributed by atoms with Crippen molar-refractivity contribution in [3.05, 3.63) is 29.8 Å². The maximum atomic E-state index is 11.9. The lowest BCUT2D eigenvalue weighted by atomic mass is 10.00. The molecular weight excluding hydrogens is 228 g/mol. The summed E-state index contributed by atoms with van der Waals surface area (Å²) >= 11 is 0. The minimum atomic E-state index is -0.0369. The molecule has 2 rings (SSSR count). The van der Waals surface area contributed by atoms with Crippen LogP contribution >= 0.6 is 0 Å². The van der Waals surface area contributed by atoms with Crippen LogP contribution in [0.5, 0.6) is 5.75 Å². The number of carbonyl (C=O) groups excluding carboxylic acids is 1. The van der Waals surface area contributed by atoms with Crippen LogP contribution < -0.4 is 5.32 Å². The number of nitrogens with one attached hydrogen (secondary N) is 1. The largest absolute Gasteiger partial charge is 0.508 e. The molecular formula is C14H20N2O2. The summed E-state index contributed by atoms with van der Waals surface area (Å²) in [6.45, 7) is 4.25. The molecule has 0 aliphatic carbocycles. The molecule has 0 unspecified atom stereocenters. The molecule has 1 aromatic carbocycles. The first-order valence-electron chi connectivity index (χ1n) is 6.46. The van der Waals surface area contributed by atoms with Crippen LogP contribution in [0.3, 0.4) is 0 Å². The lowest BCUT2D eigenvalue weighted by Crippen LogP contribution is -2.43. The number of amides is 2. The van der Waals surface area contributed by atoms with Crippen molar-refractivity contribution >= 4 is 6.03 Å². The highest BCUT2D eigenvalue weighted by molar-refractivity contribution is 5.74. The zero-order chi connectivity index (χ0) is 13.0. The standard InChI is InChI=1S/C14H20N2O2/c1-11-6-8-16(9-7-11)14(18)15-10-12-4-2-3-5-13(12)17/h2-5,11,17H,6-10H2,1H3,(H,15,18). The van der Waals surface area contributed by atoms with Crippen molar-refractivity contribution in [1.29, 1.82) is 0 Å². The van der Waals surface area contributed by atoms with E-state index in [0.29, 0.717) is 12.5 Å². The summed E-state index contributed by atoms with van der Waals surface area (Å²) in [5.74, 6) is 0.942. The number of hydrogen-bond acceptors (Lipinski definition) is 2. The first-order chi connectivity index (χ1) is 8.66. The van der Waals surface area contributed by atoms with Gasteiger partial charge in [-0.05, 0) is 24.8 Å². The van der Waals surface area contributed by atoms with Gasteiger partial charge in [0, 0.05) is 25.2 Å². The number of likely N-dealkylation sites (tertiary alicyclic amines) is 1. The molecule has 4 heteroatoms. The second-order valence-electron chi connectivity index (χ2n) is 4.96. The van der Waals surface area contributed by atoms with Gasteiger partial charge in [-0.1, -0.05) is 25.1 Å². The van der Waals surface area contributed by atoms with Crippen molar-refractivity contribution < 1.29 is 9.90 Å². The van der Waals surface area contributed by atoms with Crippen molar-refractivity contribution in [3.63, 3.8) is 0 Å². The van der Waals surface area contributed by atoms with E-state index in [2.05, 4.69) is 12.2 Å². The average Bonchev–Trinajstić information content (AvgIpc) is 2.38. The monoisotopic (exact) mass is 248 g/mol. The van der Waals surface area contributed by atoms with Gasteiger partial charge >= 0.3 is 6.03 Å². The topological polar surface area (TPSA) is 52.6 Å². The average molecular weight is 248 g/mol. The van der Waals surface area contributed by atoms with Crippen LogP contribution in [0.25, 0.3) is 0 Å². The number of phenolic OH excluding ortho intramolecular Hbond substituents is 1. The van der Waals surface area contributed by atoms with Crippen molar-refractivity contribution in [1.82, 2.24) is 10.2 Å². The fraction of sp³-hybridized carbons (Fsp3) is 0.500. The Morgan fingerprint density at radius 3 is 2.72 bits per heavy atom. The Balaban J connectivity index is 1.83. The minimum Gasteiger partial charge on any atom is -0.508 e. The predicted molar refractivity (Wildman–Crippen MR) is 70.3 cm³/mol. The number of rotatable bonds is 2. The normalized spacial score (nSPS) is 16.6. The molecule has 0 bridgehead atoms. The third-order valence-electron chi connectivity index (χ3n) is 3.49. The SMILES string of the molecule is CC1CCN(C(=O)NCc2ccccc2O)CC1. The van der Waals surface area contributed by atoms with E-state index in [-0.39, 0.29) is 11.8 Å². The Bertz CT molecular complexity index is 412. The lowest BCUT2D eigenvalue weighted by molar-refractivity contribution is 0.173. The van der Waals surface area contributed by atoms with E-state index in [1.807, 2.05) is 17.0 Å². The van der Waals surface area contributed by atoms with Gasteiger partial charge in [0.05, 0.1) is 0 Å². The van der Waals surface area contributed by atoms with E-state index < -0.39 is 0 Å². The molecule has 1 aliphatic heterocycles. The lowest BCUT2D eigenvalue weighted by Gasteiger charge is -2.30. The van der Waals surface area contributed by atoms with Crippen LogP contribution in [0.15, 0.2) is 24.3 Å². The molecule has 1 saturated heterocycles. The van der Waals surface area contributed by atoms with E-state index in [1.165, 1.54) is 0 Å². The molecule has 2 amide bonds. The van der Waals surface area contributed by atoms with Crippen LogP contribution in [-0.4, -0.2) is 29.1 Å². The molecule has 0 atom stereocenters. The molecule has 18 heavy (non-hydrogen) atoms. The van der Waals surface area contributed by atoms with Gasteiger partial charge in [0.15, 0.2) is 0 Å². The first-order valence-corrected chi connectivity index (χ1v) is 6.46. The number of phenols is 1. The van der Waals surface area contributed by atoms with Crippen molar-refractivity contribution in [2.75, 3.05) is 13.1 Å². The van der Waals surface area contributed by atoms with Gasteiger partial charge in [0.25, 0.3) is 0 Å². The summed E-state index contributed by atoms with van der Waals surface area (Å²) in [5, 5.41) is 12.5. The van der Waals surface area contributed by atoms with E-state index in [1.54, 1.807) is 12.1 Å². The highest BCUT2D eigenvalue weighted by Gasteiger charge is 2.19. The molecule has 1 aliphatic rings. The fourth-order valence-corrected chi connectivity index (χ4v) is 2.15. The van der Waals surface area contributed by atoms with Crippen molar-refractivity contribution in [2.45, 2.75) is 26.3 Å². The number of piperidine rings is 1. The summed E-state index contributed by atoms with van der Waals surface area (Å²) in [6, 6.07) is 7.03. The first kappa shape index (κ1) is 12.7. The molecule has 0 radical (unpaired) electrons. The van der Waals surface area contributed by atoms with Gasteiger partial charge in [-0.3, -0.25) is 0 Å². The number of carbonyl (C=O) groups is 1. The molecule has 0 saturated carbocycles. The minimum absolute atomic E-state index is 0.0369. The second-order valence-corrected chi connectivity index (χ2v) is 4.96. The van der Waals surface area contributed by atoms with E-state index in [4.69, 9.17) is 0 Å². The van der Waals surface area contributed by atoms with Gasteiger partial charge in [-0.2, -0.15) is 0 Å². The van der Waals surface area contributed by atoms with Crippen LogP contribution in [0.4, 0.5) is 4.79 Å². The molecule has 1 fully saturated rings. The van der Waals surface area contributed by atoms with Crippen molar-refractivity contribution in [3.8, 4) is 5.75 Å². The summed E-state index contributed by atoms with van der Waals surface area (Å²) in [5.41, 5.74) is 0.747. The quantitative estimate of drug-likeness (QED) is 0.844. The number of nitrogens with zero attached hydrogens (tertiary/aromatic N) is 1. The number of aromatic hydroxyl groups is 1. The molecule has 1 heterocycles. The molecule has 1 aromatic rings. The van der Waals surface area contributed by atoms with Crippen LogP contribution in [0.2, 0.25) is 0 Å². The second kappa shape index (κ2) is 5.76. The smallest absolute Gasteiger partial charge is 0.317 e. The van der Waals surface area contributed by atoms with Gasteiger partial charge < -0.3 is 15.3 Å². The Morgan fingerprint density at radius 1 is 1.39 bits per heavy atom. The molecule has 0 spiro atoms. The number of hydrogen-bond donors (Lipinski definition) is 2. The number of urea groups is 1. The van der Waals surface area contributed by atoms with E-state index >= 15 is 0 Å². The third-order valence-corrected chi connectivity index (χ3v) is 3.49. The third kappa shape index (κ3) is 3.15. The van der Waals surface area contributed by atoms with Crippen LogP contribution in [0.1, 0.15) is 25.3 Å². The Labute approximate surface area is 108 Å². The zero-order valence-electron chi connectivity index (χ0n) is 10.7. The Hall–Kier alpha value is -1.71. The summed E-state index contributed by atoms with van der Waals surface area (Å²) in [6.07, 6.45) is 2.15.